The number of hydrogen-bond donors (Lipinski definition) is 2. The Morgan fingerprint density at radius 1 is 1.13 bits per heavy atom. The molecule has 2 N–H and O–H groups in total. The minimum Gasteiger partial charge on any atom is -0.351 e. The van der Waals surface area contributed by atoms with Crippen LogP contribution >= 0.6 is 27.9 Å². The smallest absolute Gasteiger partial charge is 0.273 e. The minimum absolute atomic E-state index is 0.187. The fraction of sp³-hybridized carbons (Fsp3) is 0.318. The summed E-state index contributed by atoms with van der Waals surface area (Å²) in [7, 11) is 0. The van der Waals surface area contributed by atoms with E-state index in [4.69, 9.17) is 0 Å². The second-order valence-electron chi connectivity index (χ2n) is 6.82. The first-order valence-electron chi connectivity index (χ1n) is 10.2. The summed E-state index contributed by atoms with van der Waals surface area (Å²) >= 11 is 4.30. The summed E-state index contributed by atoms with van der Waals surface area (Å²) in [5.41, 5.74) is 1.47. The Bertz CT molecular complexity index is 1050. The summed E-state index contributed by atoms with van der Waals surface area (Å²) in [4.78, 5) is 24.6. The Hall–Kier alpha value is -2.23. The molecule has 0 aliphatic carbocycles. The fourth-order valence-electron chi connectivity index (χ4n) is 3.02. The number of nitrogens with zero attached hydrogens (tertiary/aromatic N) is 3. The number of carbonyl (C=O) groups is 1. The average molecular weight is 506 g/mol. The molecule has 6 nitrogen and oxygen atoms in total. The van der Waals surface area contributed by atoms with Gasteiger partial charge in [-0.25, -0.2) is 14.4 Å². The normalized spacial score (nSPS) is 11.1. The van der Waals surface area contributed by atoms with Crippen molar-refractivity contribution in [3.63, 3.8) is 0 Å². The molecular weight excluding hydrogens is 481 g/mol. The van der Waals surface area contributed by atoms with Crippen molar-refractivity contribution in [2.75, 3.05) is 30.9 Å². The van der Waals surface area contributed by atoms with E-state index in [1.54, 1.807) is 12.1 Å². The van der Waals surface area contributed by atoms with Gasteiger partial charge in [-0.3, -0.25) is 4.79 Å². The zero-order valence-electron chi connectivity index (χ0n) is 17.5. The highest BCUT2D eigenvalue weighted by molar-refractivity contribution is 9.10. The Morgan fingerprint density at radius 2 is 1.84 bits per heavy atom. The summed E-state index contributed by atoms with van der Waals surface area (Å²) in [6.45, 7) is 7.67. The Labute approximate surface area is 194 Å². The van der Waals surface area contributed by atoms with Gasteiger partial charge in [0.1, 0.15) is 5.82 Å². The van der Waals surface area contributed by atoms with Crippen LogP contribution in [0.3, 0.4) is 0 Å². The van der Waals surface area contributed by atoms with E-state index in [2.05, 4.69) is 54.7 Å². The van der Waals surface area contributed by atoms with Crippen molar-refractivity contribution in [2.24, 2.45) is 0 Å². The molecule has 2 aromatic carbocycles. The zero-order valence-corrected chi connectivity index (χ0v) is 19.9. The molecule has 3 aromatic rings. The molecular formula is C22H25BrFN5OS. The van der Waals surface area contributed by atoms with Crippen LogP contribution in [0.4, 0.5) is 10.2 Å². The molecule has 0 unspecified atom stereocenters. The molecule has 0 radical (unpaired) electrons. The fourth-order valence-corrected chi connectivity index (χ4v) is 3.99. The summed E-state index contributed by atoms with van der Waals surface area (Å²) in [5.74, 6) is -0.382. The maximum atomic E-state index is 14.2. The third kappa shape index (κ3) is 6.38. The number of fused-ring (bicyclic) bond motifs is 1. The van der Waals surface area contributed by atoms with Crippen LogP contribution in [0.15, 0.2) is 51.8 Å². The zero-order chi connectivity index (χ0) is 22.2. The molecule has 0 aliphatic rings. The van der Waals surface area contributed by atoms with Crippen LogP contribution in [0.1, 0.15) is 30.8 Å². The molecule has 0 saturated carbocycles. The van der Waals surface area contributed by atoms with Crippen LogP contribution in [0.2, 0.25) is 0 Å². The largest absolute Gasteiger partial charge is 0.351 e. The summed E-state index contributed by atoms with van der Waals surface area (Å²) < 4.78 is 17.8. The third-order valence-electron chi connectivity index (χ3n) is 4.77. The van der Waals surface area contributed by atoms with E-state index in [1.807, 2.05) is 24.3 Å². The monoisotopic (exact) mass is 505 g/mol. The van der Waals surface area contributed by atoms with Gasteiger partial charge in [-0.15, -0.1) is 0 Å². The highest BCUT2D eigenvalue weighted by atomic mass is 79.9. The highest BCUT2D eigenvalue weighted by Crippen LogP contribution is 2.27. The Kier molecular flexibility index (Phi) is 8.62. The van der Waals surface area contributed by atoms with Gasteiger partial charge < -0.3 is 14.9 Å². The van der Waals surface area contributed by atoms with Gasteiger partial charge in [0.2, 0.25) is 0 Å². The SMILES string of the molecule is CCN(CC)CCCNC(=O)c1nc2ccccc2nc1NSc1ccc(Br)cc1F. The summed E-state index contributed by atoms with van der Waals surface area (Å²) in [6, 6.07) is 12.1. The maximum absolute atomic E-state index is 14.2. The molecule has 0 saturated heterocycles. The van der Waals surface area contributed by atoms with Gasteiger partial charge in [-0.2, -0.15) is 0 Å². The number of amides is 1. The number of rotatable bonds is 10. The first kappa shape index (κ1) is 23.4. The van der Waals surface area contributed by atoms with E-state index in [0.717, 1.165) is 38.0 Å². The number of hydrogen-bond acceptors (Lipinski definition) is 6. The molecule has 1 heterocycles. The predicted molar refractivity (Wildman–Crippen MR) is 128 cm³/mol. The maximum Gasteiger partial charge on any atom is 0.273 e. The molecule has 0 bridgehead atoms. The molecule has 1 amide bonds. The number of carbonyl (C=O) groups excluding carboxylic acids is 1. The van der Waals surface area contributed by atoms with Gasteiger partial charge in [0.15, 0.2) is 11.5 Å². The number of para-hydroxylation sites is 2. The summed E-state index contributed by atoms with van der Waals surface area (Å²) in [6.07, 6.45) is 0.843. The van der Waals surface area contributed by atoms with Crippen LogP contribution in [0, 0.1) is 5.82 Å². The van der Waals surface area contributed by atoms with Gasteiger partial charge in [0.25, 0.3) is 5.91 Å². The van der Waals surface area contributed by atoms with Gasteiger partial charge in [-0.05, 0) is 68.3 Å². The van der Waals surface area contributed by atoms with Crippen molar-refractivity contribution in [2.45, 2.75) is 25.2 Å². The summed E-state index contributed by atoms with van der Waals surface area (Å²) in [5, 5.41) is 2.93. The van der Waals surface area contributed by atoms with E-state index in [0.29, 0.717) is 32.8 Å². The predicted octanol–water partition coefficient (Wildman–Crippen LogP) is 5.11. The van der Waals surface area contributed by atoms with E-state index in [-0.39, 0.29) is 17.4 Å². The lowest BCUT2D eigenvalue weighted by Crippen LogP contribution is -2.30. The van der Waals surface area contributed by atoms with Crippen molar-refractivity contribution in [1.82, 2.24) is 20.2 Å². The molecule has 31 heavy (non-hydrogen) atoms. The molecule has 3 rings (SSSR count). The van der Waals surface area contributed by atoms with Crippen molar-refractivity contribution in [1.29, 1.82) is 0 Å². The molecule has 0 atom stereocenters. The Morgan fingerprint density at radius 3 is 2.52 bits per heavy atom. The number of aromatic nitrogens is 2. The van der Waals surface area contributed by atoms with Gasteiger partial charge >= 0.3 is 0 Å². The van der Waals surface area contributed by atoms with Crippen molar-refractivity contribution in [3.8, 4) is 0 Å². The van der Waals surface area contributed by atoms with Crippen molar-refractivity contribution < 1.29 is 9.18 Å². The second-order valence-corrected chi connectivity index (χ2v) is 8.59. The molecule has 9 heteroatoms. The van der Waals surface area contributed by atoms with Gasteiger partial charge in [-0.1, -0.05) is 41.9 Å². The van der Waals surface area contributed by atoms with Crippen molar-refractivity contribution >= 4 is 50.6 Å². The van der Waals surface area contributed by atoms with E-state index < -0.39 is 0 Å². The van der Waals surface area contributed by atoms with Gasteiger partial charge in [0, 0.05) is 11.0 Å². The number of halogens is 2. The van der Waals surface area contributed by atoms with E-state index in [1.165, 1.54) is 6.07 Å². The van der Waals surface area contributed by atoms with Crippen LogP contribution in [0.25, 0.3) is 11.0 Å². The highest BCUT2D eigenvalue weighted by Gasteiger charge is 2.17. The molecule has 0 aliphatic heterocycles. The van der Waals surface area contributed by atoms with Crippen molar-refractivity contribution in [3.05, 3.63) is 58.4 Å². The topological polar surface area (TPSA) is 70.2 Å². The minimum atomic E-state index is -0.372. The molecule has 1 aromatic heterocycles. The van der Waals surface area contributed by atoms with Crippen LogP contribution in [-0.4, -0.2) is 47.0 Å². The third-order valence-corrected chi connectivity index (χ3v) is 6.11. The molecule has 0 spiro atoms. The van der Waals surface area contributed by atoms with Crippen LogP contribution in [0.5, 0.6) is 0 Å². The van der Waals surface area contributed by atoms with Gasteiger partial charge in [0.05, 0.1) is 15.9 Å². The Balaban J connectivity index is 1.76. The molecule has 164 valence electrons. The lowest BCUT2D eigenvalue weighted by atomic mass is 10.2. The first-order chi connectivity index (χ1) is 15.0. The lowest BCUT2D eigenvalue weighted by molar-refractivity contribution is 0.0948. The average Bonchev–Trinajstić information content (AvgIpc) is 2.78. The number of benzene rings is 2. The van der Waals surface area contributed by atoms with Crippen LogP contribution < -0.4 is 10.0 Å². The number of nitrogens with one attached hydrogen (secondary N) is 2. The first-order valence-corrected chi connectivity index (χ1v) is 11.8. The molecule has 0 fully saturated rings. The lowest BCUT2D eigenvalue weighted by Gasteiger charge is -2.17. The number of anilines is 1. The van der Waals surface area contributed by atoms with E-state index in [9.17, 15) is 9.18 Å². The second kappa shape index (κ2) is 11.4. The quantitative estimate of drug-likeness (QED) is 0.294. The standard InChI is InChI=1S/C22H25BrFN5OS/c1-3-29(4-2)13-7-12-25-22(30)20-21(27-18-9-6-5-8-17(18)26-20)28-31-19-11-10-15(23)14-16(19)24/h5-6,8-11,14H,3-4,7,12-13H2,1-2H3,(H,25,30)(H,27,28). The van der Waals surface area contributed by atoms with E-state index >= 15 is 0 Å². The van der Waals surface area contributed by atoms with Crippen LogP contribution in [-0.2, 0) is 0 Å².